The number of halogens is 3. The predicted molar refractivity (Wildman–Crippen MR) is 115 cm³/mol. The smallest absolute Gasteiger partial charge is 0.191 e. The van der Waals surface area contributed by atoms with Crippen LogP contribution in [0, 0.1) is 11.6 Å². The lowest BCUT2D eigenvalue weighted by atomic mass is 10.2. The quantitative estimate of drug-likeness (QED) is 0.319. The molecule has 3 rings (SSSR count). The van der Waals surface area contributed by atoms with Gasteiger partial charge in [-0.25, -0.2) is 8.78 Å². The Labute approximate surface area is 180 Å². The third-order valence-electron chi connectivity index (χ3n) is 4.42. The molecule has 2 aromatic rings. The molecule has 3 N–H and O–H groups in total. The van der Waals surface area contributed by atoms with Crippen LogP contribution in [-0.2, 0) is 0 Å². The van der Waals surface area contributed by atoms with Gasteiger partial charge in [-0.1, -0.05) is 0 Å². The van der Waals surface area contributed by atoms with Crippen LogP contribution in [0.2, 0.25) is 0 Å². The van der Waals surface area contributed by atoms with E-state index in [0.717, 1.165) is 12.5 Å². The highest BCUT2D eigenvalue weighted by Crippen LogP contribution is 2.24. The molecule has 1 aliphatic rings. The number of aliphatic hydroxyl groups excluding tert-OH is 1. The molecule has 6 nitrogen and oxygen atoms in total. The zero-order chi connectivity index (χ0) is 19.2. The van der Waals surface area contributed by atoms with Crippen LogP contribution >= 0.6 is 24.0 Å². The molecule has 1 aromatic carbocycles. The maximum atomic E-state index is 14.0. The molecule has 1 fully saturated rings. The largest absolute Gasteiger partial charge is 0.467 e. The number of aliphatic hydroxyl groups is 1. The van der Waals surface area contributed by atoms with Crippen LogP contribution in [0.1, 0.15) is 25.2 Å². The summed E-state index contributed by atoms with van der Waals surface area (Å²) in [4.78, 5) is 6.28. The molecule has 28 heavy (non-hydrogen) atoms. The lowest BCUT2D eigenvalue weighted by Gasteiger charge is -2.21. The molecule has 0 bridgehead atoms. The lowest BCUT2D eigenvalue weighted by molar-refractivity contribution is 0.158. The van der Waals surface area contributed by atoms with Gasteiger partial charge >= 0.3 is 0 Å². The molecule has 0 saturated carbocycles. The average molecular weight is 506 g/mol. The van der Waals surface area contributed by atoms with Crippen LogP contribution in [-0.4, -0.2) is 43.3 Å². The molecular weight excluding hydrogens is 481 g/mol. The third-order valence-corrected chi connectivity index (χ3v) is 4.42. The van der Waals surface area contributed by atoms with Gasteiger partial charge in [-0.2, -0.15) is 0 Å². The number of rotatable bonds is 6. The molecule has 2 unspecified atom stereocenters. The van der Waals surface area contributed by atoms with E-state index in [1.54, 1.807) is 12.1 Å². The number of anilines is 1. The number of hydrogen-bond acceptors (Lipinski definition) is 4. The number of nitrogens with zero attached hydrogens (tertiary/aromatic N) is 2. The van der Waals surface area contributed by atoms with Crippen molar-refractivity contribution in [2.45, 2.75) is 25.5 Å². The predicted octanol–water partition coefficient (Wildman–Crippen LogP) is 3.04. The summed E-state index contributed by atoms with van der Waals surface area (Å²) >= 11 is 0. The first-order valence-corrected chi connectivity index (χ1v) is 9.03. The van der Waals surface area contributed by atoms with Crippen molar-refractivity contribution in [2.24, 2.45) is 4.99 Å². The summed E-state index contributed by atoms with van der Waals surface area (Å²) in [5.41, 5.74) is 0.399. The van der Waals surface area contributed by atoms with Crippen molar-refractivity contribution in [1.82, 2.24) is 10.6 Å². The van der Waals surface area contributed by atoms with Crippen molar-refractivity contribution in [3.63, 3.8) is 0 Å². The fraction of sp³-hybridized carbons (Fsp3) is 0.421. The van der Waals surface area contributed by atoms with Crippen LogP contribution in [0.5, 0.6) is 0 Å². The maximum absolute atomic E-state index is 14.0. The van der Waals surface area contributed by atoms with Gasteiger partial charge in [0, 0.05) is 31.7 Å². The van der Waals surface area contributed by atoms with Crippen LogP contribution in [0.15, 0.2) is 46.0 Å². The summed E-state index contributed by atoms with van der Waals surface area (Å²) in [7, 11) is 0. The second-order valence-corrected chi connectivity index (χ2v) is 6.42. The first-order valence-electron chi connectivity index (χ1n) is 9.03. The molecule has 0 amide bonds. The van der Waals surface area contributed by atoms with Gasteiger partial charge in [0.2, 0.25) is 0 Å². The fourth-order valence-electron chi connectivity index (χ4n) is 3.10. The molecule has 154 valence electrons. The summed E-state index contributed by atoms with van der Waals surface area (Å²) in [6.45, 7) is 4.02. The highest BCUT2D eigenvalue weighted by Gasteiger charge is 2.25. The van der Waals surface area contributed by atoms with Gasteiger partial charge in [0.1, 0.15) is 23.5 Å². The minimum Gasteiger partial charge on any atom is -0.467 e. The molecule has 0 radical (unpaired) electrons. The van der Waals surface area contributed by atoms with Crippen molar-refractivity contribution in [2.75, 3.05) is 31.1 Å². The van der Waals surface area contributed by atoms with E-state index in [0.29, 0.717) is 37.0 Å². The number of aliphatic imine (C=N–C) groups is 1. The number of furan rings is 1. The molecule has 2 atom stereocenters. The molecular formula is C19H25F2IN4O2. The molecule has 1 aromatic heterocycles. The topological polar surface area (TPSA) is 73.0 Å². The van der Waals surface area contributed by atoms with E-state index in [2.05, 4.69) is 15.6 Å². The second-order valence-electron chi connectivity index (χ2n) is 6.42. The number of guanidine groups is 1. The van der Waals surface area contributed by atoms with Crippen molar-refractivity contribution in [1.29, 1.82) is 0 Å². The van der Waals surface area contributed by atoms with E-state index in [1.165, 1.54) is 18.4 Å². The highest BCUT2D eigenvalue weighted by atomic mass is 127. The van der Waals surface area contributed by atoms with Crippen molar-refractivity contribution < 1.29 is 18.3 Å². The monoisotopic (exact) mass is 506 g/mol. The zero-order valence-electron chi connectivity index (χ0n) is 15.6. The molecule has 2 heterocycles. The number of benzene rings is 1. The molecule has 0 spiro atoms. The van der Waals surface area contributed by atoms with Gasteiger partial charge in [-0.05, 0) is 37.6 Å². The molecule has 9 heteroatoms. The van der Waals surface area contributed by atoms with Crippen LogP contribution < -0.4 is 15.5 Å². The van der Waals surface area contributed by atoms with E-state index >= 15 is 0 Å². The Kier molecular flexibility index (Phi) is 8.49. The first-order chi connectivity index (χ1) is 13.1. The Balaban J connectivity index is 0.00000280. The average Bonchev–Trinajstić information content (AvgIpc) is 3.31. The molecule has 1 aliphatic heterocycles. The zero-order valence-corrected chi connectivity index (χ0v) is 17.9. The van der Waals surface area contributed by atoms with Crippen LogP contribution in [0.3, 0.4) is 0 Å². The Morgan fingerprint density at radius 2 is 2.21 bits per heavy atom. The fourth-order valence-corrected chi connectivity index (χ4v) is 3.10. The van der Waals surface area contributed by atoms with E-state index in [9.17, 15) is 13.9 Å². The van der Waals surface area contributed by atoms with Crippen molar-refractivity contribution in [3.8, 4) is 0 Å². The van der Waals surface area contributed by atoms with E-state index in [1.807, 2.05) is 11.8 Å². The Morgan fingerprint density at radius 3 is 2.89 bits per heavy atom. The van der Waals surface area contributed by atoms with Gasteiger partial charge in [0.25, 0.3) is 0 Å². The SMILES string of the molecule is CCNC(=NCC(O)c1ccco1)NC1CCN(c2ccc(F)cc2F)C1.I. The first kappa shape index (κ1) is 22.4. The maximum Gasteiger partial charge on any atom is 0.191 e. The summed E-state index contributed by atoms with van der Waals surface area (Å²) in [6, 6.07) is 7.11. The van der Waals surface area contributed by atoms with Crippen molar-refractivity contribution >= 4 is 35.6 Å². The number of nitrogens with one attached hydrogen (secondary N) is 2. The van der Waals surface area contributed by atoms with Crippen LogP contribution in [0.4, 0.5) is 14.5 Å². The van der Waals surface area contributed by atoms with Gasteiger partial charge in [-0.15, -0.1) is 24.0 Å². The van der Waals surface area contributed by atoms with Crippen molar-refractivity contribution in [3.05, 3.63) is 54.0 Å². The summed E-state index contributed by atoms with van der Waals surface area (Å²) in [5.74, 6) is -0.0949. The third kappa shape index (κ3) is 5.81. The van der Waals surface area contributed by atoms with E-state index in [-0.39, 0.29) is 36.6 Å². The Hall–Kier alpha value is -1.88. The van der Waals surface area contributed by atoms with Gasteiger partial charge < -0.3 is 25.1 Å². The van der Waals surface area contributed by atoms with Crippen LogP contribution in [0.25, 0.3) is 0 Å². The van der Waals surface area contributed by atoms with Gasteiger partial charge in [-0.3, -0.25) is 4.99 Å². The molecule has 0 aliphatic carbocycles. The number of hydrogen-bond donors (Lipinski definition) is 3. The van der Waals surface area contributed by atoms with Gasteiger partial charge in [0.15, 0.2) is 5.96 Å². The van der Waals surface area contributed by atoms with E-state index in [4.69, 9.17) is 4.42 Å². The molecule has 1 saturated heterocycles. The lowest BCUT2D eigenvalue weighted by Crippen LogP contribution is -2.44. The summed E-state index contributed by atoms with van der Waals surface area (Å²) < 4.78 is 32.3. The minimum absolute atomic E-state index is 0. The summed E-state index contributed by atoms with van der Waals surface area (Å²) in [5, 5.41) is 16.5. The normalized spacial score (nSPS) is 17.9. The Morgan fingerprint density at radius 1 is 1.39 bits per heavy atom. The summed E-state index contributed by atoms with van der Waals surface area (Å²) in [6.07, 6.45) is 1.49. The standard InChI is InChI=1S/C19H24F2N4O2.HI/c1-2-22-19(23-11-17(26)18-4-3-9-27-18)24-14-7-8-25(12-14)16-6-5-13(20)10-15(16)21;/h3-6,9-10,14,17,26H,2,7-8,11-12H2,1H3,(H2,22,23,24);1H. The van der Waals surface area contributed by atoms with E-state index < -0.39 is 17.7 Å². The Bertz CT molecular complexity index is 773. The second kappa shape index (κ2) is 10.6. The minimum atomic E-state index is -0.816. The highest BCUT2D eigenvalue weighted by molar-refractivity contribution is 14.0. The van der Waals surface area contributed by atoms with Gasteiger partial charge in [0.05, 0.1) is 18.5 Å².